The second-order valence-electron chi connectivity index (χ2n) is 5.97. The molecule has 2 fully saturated rings. The first-order valence-corrected chi connectivity index (χ1v) is 6.76. The van der Waals surface area contributed by atoms with E-state index in [2.05, 4.69) is 10.6 Å². The largest absolute Gasteiger partial charge is 0.481 e. The number of carbonyl (C=O) groups excluding carboxylic acids is 1. The van der Waals surface area contributed by atoms with Gasteiger partial charge < -0.3 is 15.7 Å². The highest BCUT2D eigenvalue weighted by atomic mass is 16.4. The summed E-state index contributed by atoms with van der Waals surface area (Å²) in [6.07, 6.45) is 2.99. The monoisotopic (exact) mass is 254 g/mol. The average molecular weight is 254 g/mol. The van der Waals surface area contributed by atoms with Crippen molar-refractivity contribution in [3.63, 3.8) is 0 Å². The number of nitrogens with one attached hydrogen (secondary N) is 2. The van der Waals surface area contributed by atoms with Gasteiger partial charge in [0, 0.05) is 12.6 Å². The molecule has 2 aliphatic rings. The SMILES string of the molecule is CC(C)CNC(=O)NC1C2CCC(C2)C1C(=O)O. The van der Waals surface area contributed by atoms with Crippen LogP contribution >= 0.6 is 0 Å². The summed E-state index contributed by atoms with van der Waals surface area (Å²) in [5, 5.41) is 14.9. The predicted octanol–water partition coefficient (Wildman–Crippen LogP) is 1.44. The summed E-state index contributed by atoms with van der Waals surface area (Å²) in [7, 11) is 0. The molecule has 2 amide bonds. The molecule has 5 heteroatoms. The summed E-state index contributed by atoms with van der Waals surface area (Å²) in [6, 6.07) is -0.416. The van der Waals surface area contributed by atoms with Crippen LogP contribution in [0, 0.1) is 23.7 Å². The van der Waals surface area contributed by atoms with Crippen LogP contribution in [0.25, 0.3) is 0 Å². The van der Waals surface area contributed by atoms with Gasteiger partial charge in [0.25, 0.3) is 0 Å². The van der Waals surface area contributed by atoms with Gasteiger partial charge in [0.05, 0.1) is 5.92 Å². The topological polar surface area (TPSA) is 78.4 Å². The minimum atomic E-state index is -0.767. The Bertz CT molecular complexity index is 343. The molecule has 2 saturated carbocycles. The Morgan fingerprint density at radius 2 is 1.94 bits per heavy atom. The van der Waals surface area contributed by atoms with E-state index < -0.39 is 11.9 Å². The van der Waals surface area contributed by atoms with Crippen molar-refractivity contribution in [1.82, 2.24) is 10.6 Å². The Labute approximate surface area is 107 Å². The molecule has 3 N–H and O–H groups in total. The van der Waals surface area contributed by atoms with Crippen LogP contribution in [0.2, 0.25) is 0 Å². The highest BCUT2D eigenvalue weighted by Gasteiger charge is 2.51. The Morgan fingerprint density at radius 3 is 2.56 bits per heavy atom. The fraction of sp³-hybridized carbons (Fsp3) is 0.846. The molecule has 0 aliphatic heterocycles. The lowest BCUT2D eigenvalue weighted by Crippen LogP contribution is -2.50. The zero-order valence-corrected chi connectivity index (χ0v) is 11.0. The maximum atomic E-state index is 11.7. The quantitative estimate of drug-likeness (QED) is 0.710. The maximum absolute atomic E-state index is 11.7. The van der Waals surface area contributed by atoms with Gasteiger partial charge in [-0.05, 0) is 37.0 Å². The summed E-state index contributed by atoms with van der Waals surface area (Å²) < 4.78 is 0. The number of carbonyl (C=O) groups is 2. The highest BCUT2D eigenvalue weighted by Crippen LogP contribution is 2.48. The second-order valence-corrected chi connectivity index (χ2v) is 5.97. The molecule has 0 aromatic heterocycles. The van der Waals surface area contributed by atoms with Gasteiger partial charge in [-0.15, -0.1) is 0 Å². The summed E-state index contributed by atoms with van der Waals surface area (Å²) in [5.74, 6) is -0.167. The van der Waals surface area contributed by atoms with E-state index >= 15 is 0 Å². The molecule has 102 valence electrons. The van der Waals surface area contributed by atoms with E-state index in [1.54, 1.807) is 0 Å². The number of urea groups is 1. The van der Waals surface area contributed by atoms with E-state index in [0.717, 1.165) is 19.3 Å². The van der Waals surface area contributed by atoms with Crippen molar-refractivity contribution in [2.45, 2.75) is 39.2 Å². The first-order valence-electron chi connectivity index (χ1n) is 6.76. The van der Waals surface area contributed by atoms with E-state index in [4.69, 9.17) is 0 Å². The van der Waals surface area contributed by atoms with E-state index in [0.29, 0.717) is 18.4 Å². The molecule has 2 bridgehead atoms. The average Bonchev–Trinajstić information content (AvgIpc) is 2.86. The summed E-state index contributed by atoms with van der Waals surface area (Å²) in [5.41, 5.74) is 0. The Hall–Kier alpha value is -1.26. The Morgan fingerprint density at radius 1 is 1.28 bits per heavy atom. The second kappa shape index (κ2) is 5.16. The number of amides is 2. The molecule has 5 nitrogen and oxygen atoms in total. The van der Waals surface area contributed by atoms with Crippen molar-refractivity contribution in [3.05, 3.63) is 0 Å². The van der Waals surface area contributed by atoms with Crippen LogP contribution in [-0.4, -0.2) is 29.7 Å². The molecule has 0 aromatic rings. The van der Waals surface area contributed by atoms with Crippen molar-refractivity contribution < 1.29 is 14.7 Å². The molecule has 0 heterocycles. The number of aliphatic carboxylic acids is 1. The number of hydrogen-bond donors (Lipinski definition) is 3. The van der Waals surface area contributed by atoms with Gasteiger partial charge in [0.15, 0.2) is 0 Å². The van der Waals surface area contributed by atoms with Gasteiger partial charge in [0.2, 0.25) is 0 Å². The zero-order chi connectivity index (χ0) is 13.3. The number of hydrogen-bond acceptors (Lipinski definition) is 2. The molecule has 0 aromatic carbocycles. The van der Waals surface area contributed by atoms with E-state index in [1.165, 1.54) is 0 Å². The van der Waals surface area contributed by atoms with Crippen molar-refractivity contribution in [2.24, 2.45) is 23.7 Å². The van der Waals surface area contributed by atoms with Crippen molar-refractivity contribution in [3.8, 4) is 0 Å². The fourth-order valence-corrected chi connectivity index (χ4v) is 3.35. The molecule has 4 atom stereocenters. The lowest BCUT2D eigenvalue weighted by atomic mass is 9.84. The highest BCUT2D eigenvalue weighted by molar-refractivity contribution is 5.77. The summed E-state index contributed by atoms with van der Waals surface area (Å²) in [4.78, 5) is 23.0. The number of carboxylic acids is 1. The molecular formula is C13H22N2O3. The molecule has 4 unspecified atom stereocenters. The minimum Gasteiger partial charge on any atom is -0.481 e. The van der Waals surface area contributed by atoms with Crippen LogP contribution in [0.1, 0.15) is 33.1 Å². The maximum Gasteiger partial charge on any atom is 0.315 e. The van der Waals surface area contributed by atoms with Gasteiger partial charge in [0.1, 0.15) is 0 Å². The first kappa shape index (κ1) is 13.2. The van der Waals surface area contributed by atoms with Crippen LogP contribution in [0.4, 0.5) is 4.79 Å². The minimum absolute atomic E-state index is 0.187. The van der Waals surface area contributed by atoms with Gasteiger partial charge in [-0.25, -0.2) is 4.79 Å². The smallest absolute Gasteiger partial charge is 0.315 e. The van der Waals surface area contributed by atoms with Crippen molar-refractivity contribution in [2.75, 3.05) is 6.54 Å². The van der Waals surface area contributed by atoms with Gasteiger partial charge >= 0.3 is 12.0 Å². The van der Waals surface area contributed by atoms with Gasteiger partial charge in [-0.2, -0.15) is 0 Å². The van der Waals surface area contributed by atoms with Gasteiger partial charge in [-0.1, -0.05) is 13.8 Å². The van der Waals surface area contributed by atoms with Crippen LogP contribution in [0.5, 0.6) is 0 Å². The normalized spacial score (nSPS) is 33.7. The van der Waals surface area contributed by atoms with Crippen molar-refractivity contribution >= 4 is 12.0 Å². The third-order valence-electron chi connectivity index (χ3n) is 4.17. The molecule has 0 radical (unpaired) electrons. The van der Waals surface area contributed by atoms with Crippen LogP contribution in [0.3, 0.4) is 0 Å². The van der Waals surface area contributed by atoms with Crippen LogP contribution < -0.4 is 10.6 Å². The van der Waals surface area contributed by atoms with Gasteiger partial charge in [-0.3, -0.25) is 4.79 Å². The lowest BCUT2D eigenvalue weighted by molar-refractivity contribution is -0.144. The Balaban J connectivity index is 1.91. The standard InChI is InChI=1S/C13H22N2O3/c1-7(2)6-14-13(18)15-11-9-4-3-8(5-9)10(11)12(16)17/h7-11H,3-6H2,1-2H3,(H,16,17)(H2,14,15,18). The summed E-state index contributed by atoms with van der Waals surface area (Å²) in [6.45, 7) is 4.67. The van der Waals surface area contributed by atoms with E-state index in [-0.39, 0.29) is 18.0 Å². The number of rotatable bonds is 4. The number of carboxylic acid groups (broad SMARTS) is 1. The predicted molar refractivity (Wildman–Crippen MR) is 67.1 cm³/mol. The molecule has 0 saturated heterocycles. The molecule has 18 heavy (non-hydrogen) atoms. The van der Waals surface area contributed by atoms with Crippen molar-refractivity contribution in [1.29, 1.82) is 0 Å². The first-order chi connectivity index (χ1) is 8.49. The number of fused-ring (bicyclic) bond motifs is 2. The third kappa shape index (κ3) is 2.60. The van der Waals surface area contributed by atoms with E-state index in [1.807, 2.05) is 13.8 Å². The molecular weight excluding hydrogens is 232 g/mol. The van der Waals surface area contributed by atoms with Crippen LogP contribution in [0.15, 0.2) is 0 Å². The molecule has 0 spiro atoms. The molecule has 2 aliphatic carbocycles. The lowest BCUT2D eigenvalue weighted by Gasteiger charge is -2.29. The fourth-order valence-electron chi connectivity index (χ4n) is 3.35. The summed E-state index contributed by atoms with van der Waals surface area (Å²) >= 11 is 0. The molecule has 2 rings (SSSR count). The zero-order valence-electron chi connectivity index (χ0n) is 11.0. The van der Waals surface area contributed by atoms with E-state index in [9.17, 15) is 14.7 Å². The van der Waals surface area contributed by atoms with Crippen LogP contribution in [-0.2, 0) is 4.79 Å². The Kier molecular flexibility index (Phi) is 3.78. The third-order valence-corrected chi connectivity index (χ3v) is 4.17.